The second kappa shape index (κ2) is 10.4. The van der Waals surface area contributed by atoms with Crippen LogP contribution in [-0.2, 0) is 27.3 Å². The van der Waals surface area contributed by atoms with E-state index in [1.54, 1.807) is 30.8 Å². The minimum Gasteiger partial charge on any atom is -0.497 e. The third-order valence-electron chi connectivity index (χ3n) is 7.38. The lowest BCUT2D eigenvalue weighted by molar-refractivity contribution is -0.113. The normalized spacial score (nSPS) is 16.8. The summed E-state index contributed by atoms with van der Waals surface area (Å²) >= 11 is 2.90. The number of aromatic nitrogens is 5. The van der Waals surface area contributed by atoms with Gasteiger partial charge in [-0.2, -0.15) is 0 Å². The van der Waals surface area contributed by atoms with E-state index in [-0.39, 0.29) is 17.3 Å². The highest BCUT2D eigenvalue weighted by Crippen LogP contribution is 2.43. The van der Waals surface area contributed by atoms with Gasteiger partial charge in [-0.3, -0.25) is 9.20 Å². The van der Waals surface area contributed by atoms with Gasteiger partial charge in [-0.1, -0.05) is 17.8 Å². The number of ether oxygens (including phenoxy) is 3. The molecule has 11 nitrogen and oxygen atoms in total. The number of thiophene rings is 1. The van der Waals surface area contributed by atoms with Crippen molar-refractivity contribution in [1.29, 1.82) is 0 Å². The number of hydrogen-bond donors (Lipinski definition) is 1. The van der Waals surface area contributed by atoms with Gasteiger partial charge in [0.05, 0.1) is 43.8 Å². The number of carbonyl (C=O) groups is 1. The van der Waals surface area contributed by atoms with Gasteiger partial charge in [-0.25, -0.2) is 9.97 Å². The van der Waals surface area contributed by atoms with Crippen molar-refractivity contribution in [2.24, 2.45) is 0 Å². The van der Waals surface area contributed by atoms with Crippen molar-refractivity contribution in [1.82, 2.24) is 24.6 Å². The molecule has 0 atom stereocenters. The Morgan fingerprint density at radius 2 is 2.07 bits per heavy atom. The van der Waals surface area contributed by atoms with Gasteiger partial charge in [0, 0.05) is 42.2 Å². The average Bonchev–Trinajstić information content (AvgIpc) is 3.57. The smallest absolute Gasteiger partial charge is 0.234 e. The molecule has 2 aliphatic heterocycles. The molecule has 1 aromatic carbocycles. The van der Waals surface area contributed by atoms with Crippen molar-refractivity contribution < 1.29 is 19.0 Å². The first-order valence-electron chi connectivity index (χ1n) is 13.4. The average molecular weight is 592 g/mol. The number of hydrogen-bond acceptors (Lipinski definition) is 11. The molecule has 6 heterocycles. The second-order valence-corrected chi connectivity index (χ2v) is 12.6. The molecule has 7 rings (SSSR count). The van der Waals surface area contributed by atoms with Crippen LogP contribution in [0.25, 0.3) is 26.1 Å². The molecule has 1 fully saturated rings. The number of carbonyl (C=O) groups excluding carboxylic acids is 1. The first kappa shape index (κ1) is 26.4. The quantitative estimate of drug-likeness (QED) is 0.286. The van der Waals surface area contributed by atoms with Crippen LogP contribution in [0.5, 0.6) is 5.75 Å². The minimum atomic E-state index is -0.286. The molecular formula is C28H29N7O4S2. The lowest BCUT2D eigenvalue weighted by Crippen LogP contribution is -2.39. The summed E-state index contributed by atoms with van der Waals surface area (Å²) in [7, 11) is 1.60. The molecule has 41 heavy (non-hydrogen) atoms. The summed E-state index contributed by atoms with van der Waals surface area (Å²) in [6.07, 6.45) is 2.52. The highest BCUT2D eigenvalue weighted by Gasteiger charge is 2.33. The van der Waals surface area contributed by atoms with Gasteiger partial charge in [0.25, 0.3) is 0 Å². The van der Waals surface area contributed by atoms with E-state index in [1.165, 1.54) is 17.3 Å². The van der Waals surface area contributed by atoms with Crippen molar-refractivity contribution in [2.75, 3.05) is 49.4 Å². The summed E-state index contributed by atoms with van der Waals surface area (Å²) < 4.78 is 19.9. The number of morpholine rings is 1. The number of fused-ring (bicyclic) bond motifs is 7. The van der Waals surface area contributed by atoms with Gasteiger partial charge >= 0.3 is 0 Å². The molecule has 1 N–H and O–H groups in total. The lowest BCUT2D eigenvalue weighted by Gasteiger charge is -2.36. The van der Waals surface area contributed by atoms with Crippen LogP contribution in [0.15, 0.2) is 35.7 Å². The van der Waals surface area contributed by atoms with Gasteiger partial charge in [-0.05, 0) is 31.5 Å². The molecule has 0 radical (unpaired) electrons. The Bertz CT molecular complexity index is 1800. The van der Waals surface area contributed by atoms with Gasteiger partial charge < -0.3 is 24.4 Å². The summed E-state index contributed by atoms with van der Waals surface area (Å²) in [4.78, 5) is 26.0. The maximum Gasteiger partial charge on any atom is 0.234 e. The topological polar surface area (TPSA) is 116 Å². The molecule has 0 spiro atoms. The maximum atomic E-state index is 12.7. The van der Waals surface area contributed by atoms with E-state index in [0.29, 0.717) is 42.1 Å². The molecule has 5 aromatic rings. The van der Waals surface area contributed by atoms with Crippen molar-refractivity contribution in [2.45, 2.75) is 37.6 Å². The SMILES string of the molecule is COc1cccc(NC(=O)CSc2nnc3c4sc5nc(N6CCOCC6)c6c(c5c4ncn23)CC(C)(C)OC6)c1. The molecule has 0 saturated carbocycles. The number of nitrogens with one attached hydrogen (secondary N) is 1. The van der Waals surface area contributed by atoms with Crippen LogP contribution in [0, 0.1) is 0 Å². The lowest BCUT2D eigenvalue weighted by atomic mass is 9.90. The largest absolute Gasteiger partial charge is 0.497 e. The number of nitrogens with zero attached hydrogens (tertiary/aromatic N) is 6. The molecule has 4 aromatic heterocycles. The first-order valence-corrected chi connectivity index (χ1v) is 15.2. The number of benzene rings is 1. The second-order valence-electron chi connectivity index (χ2n) is 10.7. The van der Waals surface area contributed by atoms with Gasteiger partial charge in [0.15, 0.2) is 10.8 Å². The summed E-state index contributed by atoms with van der Waals surface area (Å²) in [5.41, 5.74) is 4.37. The van der Waals surface area contributed by atoms with Crippen LogP contribution >= 0.6 is 23.1 Å². The van der Waals surface area contributed by atoms with Crippen LogP contribution in [0.3, 0.4) is 0 Å². The van der Waals surface area contributed by atoms with Crippen molar-refractivity contribution in [3.8, 4) is 5.75 Å². The van der Waals surface area contributed by atoms with Crippen LogP contribution in [0.1, 0.15) is 25.0 Å². The number of pyridine rings is 1. The standard InChI is InChI=1S/C28H29N7O4S2/c1-28(2)12-18-19(13-39-28)24(34-7-9-38-10-8-34)31-26-21(18)22-23(41-26)25-32-33-27(35(25)15-29-22)40-14-20(36)30-16-5-4-6-17(11-16)37-3/h4-6,11,15H,7-10,12-14H2,1-3H3,(H,30,36). The Balaban J connectivity index is 1.24. The zero-order valence-electron chi connectivity index (χ0n) is 23.0. The Hall–Kier alpha value is -3.52. The van der Waals surface area contributed by atoms with Crippen molar-refractivity contribution >= 4 is 66.6 Å². The number of amides is 1. The Morgan fingerprint density at radius 1 is 1.22 bits per heavy atom. The molecule has 2 aliphatic rings. The van der Waals surface area contributed by atoms with Gasteiger partial charge in [-0.15, -0.1) is 21.5 Å². The van der Waals surface area contributed by atoms with Gasteiger partial charge in [0.2, 0.25) is 5.91 Å². The van der Waals surface area contributed by atoms with E-state index in [0.717, 1.165) is 51.3 Å². The van der Waals surface area contributed by atoms with Crippen LogP contribution < -0.4 is 15.0 Å². The van der Waals surface area contributed by atoms with E-state index in [2.05, 4.69) is 34.3 Å². The fraction of sp³-hybridized carbons (Fsp3) is 0.393. The molecule has 1 saturated heterocycles. The first-order chi connectivity index (χ1) is 19.9. The Kier molecular flexibility index (Phi) is 6.69. The summed E-state index contributed by atoms with van der Waals surface area (Å²) in [6.45, 7) is 7.75. The Labute approximate surface area is 244 Å². The Morgan fingerprint density at radius 3 is 2.90 bits per heavy atom. The fourth-order valence-corrected chi connectivity index (χ4v) is 7.22. The van der Waals surface area contributed by atoms with E-state index >= 15 is 0 Å². The molecule has 1 amide bonds. The molecule has 212 valence electrons. The minimum absolute atomic E-state index is 0.146. The predicted octanol–water partition coefficient (Wildman–Crippen LogP) is 4.31. The van der Waals surface area contributed by atoms with Crippen molar-refractivity contribution in [3.05, 3.63) is 41.7 Å². The summed E-state index contributed by atoms with van der Waals surface area (Å²) in [6, 6.07) is 7.27. The van der Waals surface area contributed by atoms with E-state index in [4.69, 9.17) is 24.2 Å². The molecule has 0 bridgehead atoms. The number of rotatable bonds is 6. The van der Waals surface area contributed by atoms with Crippen LogP contribution in [0.2, 0.25) is 0 Å². The number of thioether (sulfide) groups is 1. The number of anilines is 2. The maximum absolute atomic E-state index is 12.7. The van der Waals surface area contributed by atoms with Crippen LogP contribution in [0.4, 0.5) is 11.5 Å². The zero-order chi connectivity index (χ0) is 28.1. The fourth-order valence-electron chi connectivity index (χ4n) is 5.39. The zero-order valence-corrected chi connectivity index (χ0v) is 24.6. The predicted molar refractivity (Wildman–Crippen MR) is 159 cm³/mol. The summed E-state index contributed by atoms with van der Waals surface area (Å²) in [5.74, 6) is 1.69. The highest BCUT2D eigenvalue weighted by molar-refractivity contribution is 7.99. The third-order valence-corrected chi connectivity index (χ3v) is 9.40. The summed E-state index contributed by atoms with van der Waals surface area (Å²) in [5, 5.41) is 13.5. The molecule has 13 heteroatoms. The molecular weight excluding hydrogens is 562 g/mol. The van der Waals surface area contributed by atoms with Crippen molar-refractivity contribution in [3.63, 3.8) is 0 Å². The van der Waals surface area contributed by atoms with E-state index in [9.17, 15) is 4.79 Å². The van der Waals surface area contributed by atoms with Gasteiger partial charge in [0.1, 0.15) is 27.4 Å². The monoisotopic (exact) mass is 591 g/mol. The van der Waals surface area contributed by atoms with E-state index < -0.39 is 0 Å². The van der Waals surface area contributed by atoms with E-state index in [1.807, 2.05) is 22.6 Å². The highest BCUT2D eigenvalue weighted by atomic mass is 32.2. The third kappa shape index (κ3) is 4.86. The number of methoxy groups -OCH3 is 1. The van der Waals surface area contributed by atoms with Crippen LogP contribution in [-0.4, -0.2) is 75.2 Å². The molecule has 0 unspecified atom stereocenters. The molecule has 0 aliphatic carbocycles.